The molecule has 2 N–H and O–H groups in total. The molecule has 3 aromatic carbocycles. The van der Waals surface area contributed by atoms with Gasteiger partial charge in [-0.15, -0.1) is 0 Å². The number of amides is 1. The Morgan fingerprint density at radius 1 is 1.12 bits per heavy atom. The molecule has 1 unspecified atom stereocenters. The second-order valence-electron chi connectivity index (χ2n) is 7.41. The van der Waals surface area contributed by atoms with Crippen LogP contribution in [0.15, 0.2) is 59.8 Å². The molecule has 5 nitrogen and oxygen atoms in total. The lowest BCUT2D eigenvalue weighted by Crippen LogP contribution is -2.42. The van der Waals surface area contributed by atoms with Crippen LogP contribution in [0.3, 0.4) is 0 Å². The van der Waals surface area contributed by atoms with Gasteiger partial charge in [0.2, 0.25) is 0 Å². The highest BCUT2D eigenvalue weighted by Crippen LogP contribution is 2.50. The molecule has 1 aliphatic heterocycles. The van der Waals surface area contributed by atoms with E-state index in [9.17, 15) is 18.0 Å². The molecule has 170 valence electrons. The van der Waals surface area contributed by atoms with Crippen molar-refractivity contribution in [3.05, 3.63) is 81.3 Å². The Bertz CT molecular complexity index is 1270. The van der Waals surface area contributed by atoms with Crippen LogP contribution in [0.25, 0.3) is 10.8 Å². The van der Waals surface area contributed by atoms with Gasteiger partial charge in [-0.2, -0.15) is 13.2 Å². The van der Waals surface area contributed by atoms with Gasteiger partial charge in [-0.25, -0.2) is 0 Å². The summed E-state index contributed by atoms with van der Waals surface area (Å²) < 4.78 is 42.9. The zero-order chi connectivity index (χ0) is 23.8. The van der Waals surface area contributed by atoms with Crippen molar-refractivity contribution in [3.63, 3.8) is 0 Å². The smallest absolute Gasteiger partial charge is 0.374 e. The number of nitrogens with zero attached hydrogens (tertiary/aromatic N) is 1. The standard InChI is InChI=1S/C23H16Cl2F3N3O2/c24-14-9-13(10-15(25)11-14)22(23(26,27)28)12-20(31-33-22)18-5-6-19(21(32)30-8-7-29)17-4-2-1-3-16(17)18/h1-7,9-11,29H,8,12H2,(H,30,32). The van der Waals surface area contributed by atoms with Crippen LogP contribution in [0.5, 0.6) is 0 Å². The van der Waals surface area contributed by atoms with Crippen molar-refractivity contribution in [1.82, 2.24) is 5.32 Å². The summed E-state index contributed by atoms with van der Waals surface area (Å²) in [7, 11) is 0. The zero-order valence-corrected chi connectivity index (χ0v) is 18.4. The van der Waals surface area contributed by atoms with E-state index < -0.39 is 24.1 Å². The van der Waals surface area contributed by atoms with E-state index in [0.29, 0.717) is 21.9 Å². The van der Waals surface area contributed by atoms with Crippen molar-refractivity contribution in [2.75, 3.05) is 6.54 Å². The first-order valence-electron chi connectivity index (χ1n) is 9.74. The number of halogens is 5. The third-order valence-corrected chi connectivity index (χ3v) is 5.80. The Morgan fingerprint density at radius 2 is 1.79 bits per heavy atom. The van der Waals surface area contributed by atoms with Crippen molar-refractivity contribution < 1.29 is 22.8 Å². The molecule has 1 amide bonds. The predicted molar refractivity (Wildman–Crippen MR) is 121 cm³/mol. The summed E-state index contributed by atoms with van der Waals surface area (Å²) >= 11 is 11.9. The average Bonchev–Trinajstić information content (AvgIpc) is 3.23. The van der Waals surface area contributed by atoms with Crippen molar-refractivity contribution in [1.29, 1.82) is 5.41 Å². The van der Waals surface area contributed by atoms with Crippen molar-refractivity contribution in [3.8, 4) is 0 Å². The molecule has 0 aliphatic carbocycles. The highest BCUT2D eigenvalue weighted by Gasteiger charge is 2.62. The molecular weight excluding hydrogens is 478 g/mol. The Balaban J connectivity index is 1.79. The van der Waals surface area contributed by atoms with E-state index in [1.54, 1.807) is 30.3 Å². The van der Waals surface area contributed by atoms with Gasteiger partial charge < -0.3 is 15.6 Å². The molecule has 4 rings (SSSR count). The summed E-state index contributed by atoms with van der Waals surface area (Å²) in [5.74, 6) is -0.399. The Hall–Kier alpha value is -3.10. The lowest BCUT2D eigenvalue weighted by Gasteiger charge is -2.29. The van der Waals surface area contributed by atoms with Crippen molar-refractivity contribution in [2.45, 2.75) is 18.2 Å². The van der Waals surface area contributed by atoms with Crippen LogP contribution < -0.4 is 5.32 Å². The van der Waals surface area contributed by atoms with Gasteiger partial charge >= 0.3 is 6.18 Å². The Kier molecular flexibility index (Phi) is 6.07. The minimum atomic E-state index is -4.81. The average molecular weight is 494 g/mol. The fourth-order valence-electron chi connectivity index (χ4n) is 3.82. The highest BCUT2D eigenvalue weighted by atomic mass is 35.5. The molecule has 10 heteroatoms. The number of carbonyl (C=O) groups excluding carboxylic acids is 1. The number of hydrogen-bond donors (Lipinski definition) is 2. The minimum absolute atomic E-state index is 0.0453. The summed E-state index contributed by atoms with van der Waals surface area (Å²) in [6.07, 6.45) is -4.36. The van der Waals surface area contributed by atoms with Crippen LogP contribution in [-0.2, 0) is 10.4 Å². The maximum atomic E-state index is 14.3. The SMILES string of the molecule is N=CCNC(=O)c1ccc(C2=NOC(c3cc(Cl)cc(Cl)c3)(C(F)(F)F)C2)c2ccccc12. The largest absolute Gasteiger partial charge is 0.435 e. The lowest BCUT2D eigenvalue weighted by atomic mass is 9.85. The van der Waals surface area contributed by atoms with Gasteiger partial charge in [-0.05, 0) is 35.0 Å². The van der Waals surface area contributed by atoms with E-state index in [1.807, 2.05) is 0 Å². The van der Waals surface area contributed by atoms with Crippen molar-refractivity contribution in [2.24, 2.45) is 5.16 Å². The molecule has 33 heavy (non-hydrogen) atoms. The van der Waals surface area contributed by atoms with Gasteiger partial charge in [0.05, 0.1) is 12.3 Å². The molecule has 0 fully saturated rings. The molecule has 1 heterocycles. The molecule has 0 saturated carbocycles. The second-order valence-corrected chi connectivity index (χ2v) is 8.28. The van der Waals surface area contributed by atoms with Crippen LogP contribution in [0, 0.1) is 5.41 Å². The maximum absolute atomic E-state index is 14.3. The van der Waals surface area contributed by atoms with Gasteiger partial charge in [-0.1, -0.05) is 58.7 Å². The molecule has 0 spiro atoms. The van der Waals surface area contributed by atoms with Gasteiger partial charge in [-0.3, -0.25) is 4.79 Å². The molecular formula is C23H16Cl2F3N3O2. The molecule has 3 aromatic rings. The van der Waals surface area contributed by atoms with Crippen molar-refractivity contribution >= 4 is 51.8 Å². The van der Waals surface area contributed by atoms with E-state index >= 15 is 0 Å². The van der Waals surface area contributed by atoms with Gasteiger partial charge in [0, 0.05) is 39.4 Å². The topological polar surface area (TPSA) is 74.5 Å². The van der Waals surface area contributed by atoms with E-state index in [0.717, 1.165) is 18.3 Å². The Morgan fingerprint density at radius 3 is 2.42 bits per heavy atom. The maximum Gasteiger partial charge on any atom is 0.435 e. The first-order chi connectivity index (χ1) is 15.7. The minimum Gasteiger partial charge on any atom is -0.374 e. The van der Waals surface area contributed by atoms with Crippen LogP contribution in [0.4, 0.5) is 13.2 Å². The fraction of sp³-hybridized carbons (Fsp3) is 0.174. The third-order valence-electron chi connectivity index (χ3n) is 5.36. The summed E-state index contributed by atoms with van der Waals surface area (Å²) in [5.41, 5.74) is -2.19. The van der Waals surface area contributed by atoms with E-state index in [2.05, 4.69) is 10.5 Å². The number of fused-ring (bicyclic) bond motifs is 1. The molecule has 0 bridgehead atoms. The lowest BCUT2D eigenvalue weighted by molar-refractivity contribution is -0.275. The molecule has 0 saturated heterocycles. The first-order valence-corrected chi connectivity index (χ1v) is 10.5. The number of benzene rings is 3. The number of rotatable bonds is 5. The van der Waals surface area contributed by atoms with Crippen LogP contribution >= 0.6 is 23.2 Å². The third kappa shape index (κ3) is 4.16. The van der Waals surface area contributed by atoms with E-state index in [1.165, 1.54) is 12.1 Å². The van der Waals surface area contributed by atoms with Crippen LogP contribution in [0.1, 0.15) is 27.9 Å². The summed E-state index contributed by atoms with van der Waals surface area (Å²) in [4.78, 5) is 17.6. The number of carbonyl (C=O) groups is 1. The molecule has 0 aromatic heterocycles. The van der Waals surface area contributed by atoms with Gasteiger partial charge in [0.15, 0.2) is 0 Å². The zero-order valence-electron chi connectivity index (χ0n) is 16.8. The predicted octanol–water partition coefficient (Wildman–Crippen LogP) is 6.11. The van der Waals surface area contributed by atoms with E-state index in [4.69, 9.17) is 33.4 Å². The number of alkyl halides is 3. The molecule has 1 aliphatic rings. The first kappa shape index (κ1) is 23.1. The molecule has 0 radical (unpaired) electrons. The van der Waals surface area contributed by atoms with E-state index in [-0.39, 0.29) is 27.9 Å². The quantitative estimate of drug-likeness (QED) is 0.420. The second kappa shape index (κ2) is 8.68. The van der Waals surface area contributed by atoms with Crippen LogP contribution in [0.2, 0.25) is 10.0 Å². The fourth-order valence-corrected chi connectivity index (χ4v) is 4.35. The number of oxime groups is 1. The monoisotopic (exact) mass is 493 g/mol. The van der Waals surface area contributed by atoms with Crippen LogP contribution in [-0.4, -0.2) is 30.6 Å². The normalized spacial score (nSPS) is 18.0. The summed E-state index contributed by atoms with van der Waals surface area (Å²) in [5, 5.41) is 14.7. The van der Waals surface area contributed by atoms with Gasteiger partial charge in [0.1, 0.15) is 0 Å². The Labute approximate surface area is 196 Å². The summed E-state index contributed by atoms with van der Waals surface area (Å²) in [6.45, 7) is 0.0613. The number of nitrogens with one attached hydrogen (secondary N) is 2. The van der Waals surface area contributed by atoms with Gasteiger partial charge in [0.25, 0.3) is 11.5 Å². The summed E-state index contributed by atoms with van der Waals surface area (Å²) in [6, 6.07) is 13.6. The molecule has 1 atom stereocenters. The number of hydrogen-bond acceptors (Lipinski definition) is 4. The highest BCUT2D eigenvalue weighted by molar-refractivity contribution is 6.34.